The van der Waals surface area contributed by atoms with E-state index in [0.717, 1.165) is 58.1 Å². The van der Waals surface area contributed by atoms with Crippen LogP contribution in [-0.4, -0.2) is 62.0 Å². The minimum atomic E-state index is -0.120. The minimum absolute atomic E-state index is 0.120. The molecular formula is C23H37N3O2. The van der Waals surface area contributed by atoms with Crippen molar-refractivity contribution in [2.75, 3.05) is 46.0 Å². The van der Waals surface area contributed by atoms with Crippen LogP contribution in [0.2, 0.25) is 0 Å². The Bertz CT molecular complexity index is 614. The van der Waals surface area contributed by atoms with E-state index >= 15 is 0 Å². The summed E-state index contributed by atoms with van der Waals surface area (Å²) in [6, 6.07) is 11.0. The van der Waals surface area contributed by atoms with Crippen molar-refractivity contribution in [2.24, 2.45) is 16.3 Å². The number of ether oxygens (including phenoxy) is 1. The zero-order valence-electron chi connectivity index (χ0n) is 17.6. The predicted octanol–water partition coefficient (Wildman–Crippen LogP) is 3.26. The van der Waals surface area contributed by atoms with E-state index in [9.17, 15) is 5.11 Å². The summed E-state index contributed by atoms with van der Waals surface area (Å²) >= 11 is 0. The summed E-state index contributed by atoms with van der Waals surface area (Å²) < 4.78 is 5.49. The van der Waals surface area contributed by atoms with Crippen molar-refractivity contribution in [3.05, 3.63) is 35.9 Å². The lowest BCUT2D eigenvalue weighted by molar-refractivity contribution is -0.0107. The molecule has 1 aromatic carbocycles. The number of hydrogen-bond donors (Lipinski definition) is 2. The first kappa shape index (κ1) is 21.1. The van der Waals surface area contributed by atoms with Gasteiger partial charge in [0.2, 0.25) is 0 Å². The number of piperidine rings is 1. The lowest BCUT2D eigenvalue weighted by Gasteiger charge is -2.41. The average molecular weight is 388 g/mol. The average Bonchev–Trinajstić information content (AvgIpc) is 2.77. The topological polar surface area (TPSA) is 57.1 Å². The van der Waals surface area contributed by atoms with E-state index in [2.05, 4.69) is 54.4 Å². The normalized spacial score (nSPS) is 25.5. The van der Waals surface area contributed by atoms with E-state index in [1.807, 2.05) is 0 Å². The van der Waals surface area contributed by atoms with Gasteiger partial charge in [-0.2, -0.15) is 0 Å². The summed E-state index contributed by atoms with van der Waals surface area (Å²) in [6.07, 6.45) is 4.11. The molecule has 2 unspecified atom stereocenters. The molecule has 2 atom stereocenters. The lowest BCUT2D eigenvalue weighted by atomic mass is 9.79. The Hall–Kier alpha value is -1.59. The van der Waals surface area contributed by atoms with Gasteiger partial charge in [0.1, 0.15) is 0 Å². The molecule has 156 valence electrons. The van der Waals surface area contributed by atoms with Gasteiger partial charge in [-0.05, 0) is 43.6 Å². The van der Waals surface area contributed by atoms with Crippen LogP contribution in [0.3, 0.4) is 0 Å². The molecule has 28 heavy (non-hydrogen) atoms. The first-order valence-corrected chi connectivity index (χ1v) is 11.0. The largest absolute Gasteiger partial charge is 0.396 e. The van der Waals surface area contributed by atoms with E-state index in [-0.39, 0.29) is 12.0 Å². The Morgan fingerprint density at radius 2 is 2.00 bits per heavy atom. The third-order valence-electron chi connectivity index (χ3n) is 6.57. The van der Waals surface area contributed by atoms with Crippen molar-refractivity contribution in [1.29, 1.82) is 0 Å². The Morgan fingerprint density at radius 3 is 2.64 bits per heavy atom. The number of aliphatic hydroxyl groups is 1. The maximum atomic E-state index is 9.98. The molecule has 0 saturated carbocycles. The zero-order chi connectivity index (χ0) is 19.8. The van der Waals surface area contributed by atoms with E-state index < -0.39 is 0 Å². The smallest absolute Gasteiger partial charge is 0.193 e. The van der Waals surface area contributed by atoms with E-state index in [0.29, 0.717) is 18.4 Å². The molecule has 5 heteroatoms. The van der Waals surface area contributed by atoms with Crippen LogP contribution in [0.1, 0.15) is 51.0 Å². The van der Waals surface area contributed by atoms with Crippen LogP contribution < -0.4 is 5.32 Å². The predicted molar refractivity (Wildman–Crippen MR) is 115 cm³/mol. The third kappa shape index (κ3) is 5.06. The molecule has 1 aromatic rings. The Labute approximate surface area is 170 Å². The van der Waals surface area contributed by atoms with Crippen LogP contribution in [0.5, 0.6) is 0 Å². The van der Waals surface area contributed by atoms with Crippen molar-refractivity contribution in [3.63, 3.8) is 0 Å². The second kappa shape index (κ2) is 10.3. The van der Waals surface area contributed by atoms with Gasteiger partial charge in [0.25, 0.3) is 0 Å². The maximum Gasteiger partial charge on any atom is 0.193 e. The molecule has 0 aliphatic carbocycles. The van der Waals surface area contributed by atoms with Crippen LogP contribution in [0.15, 0.2) is 35.3 Å². The molecule has 2 saturated heterocycles. The first-order valence-electron chi connectivity index (χ1n) is 11.0. The number of nitrogens with one attached hydrogen (secondary N) is 1. The Kier molecular flexibility index (Phi) is 7.74. The summed E-state index contributed by atoms with van der Waals surface area (Å²) in [5.41, 5.74) is 1.35. The molecule has 0 radical (unpaired) electrons. The summed E-state index contributed by atoms with van der Waals surface area (Å²) in [5.74, 6) is 2.27. The monoisotopic (exact) mass is 387 g/mol. The highest BCUT2D eigenvalue weighted by atomic mass is 16.5. The molecule has 5 nitrogen and oxygen atoms in total. The molecule has 0 spiro atoms. The fourth-order valence-corrected chi connectivity index (χ4v) is 4.62. The third-order valence-corrected chi connectivity index (χ3v) is 6.57. The quantitative estimate of drug-likeness (QED) is 0.581. The second-order valence-corrected chi connectivity index (χ2v) is 8.36. The van der Waals surface area contributed by atoms with Gasteiger partial charge in [0.05, 0.1) is 13.2 Å². The second-order valence-electron chi connectivity index (χ2n) is 8.36. The van der Waals surface area contributed by atoms with Gasteiger partial charge in [-0.25, -0.2) is 0 Å². The molecule has 2 aliphatic heterocycles. The van der Waals surface area contributed by atoms with Crippen molar-refractivity contribution in [2.45, 2.75) is 45.4 Å². The van der Waals surface area contributed by atoms with Crippen molar-refractivity contribution in [3.8, 4) is 0 Å². The zero-order valence-corrected chi connectivity index (χ0v) is 17.6. The van der Waals surface area contributed by atoms with Crippen LogP contribution >= 0.6 is 0 Å². The highest BCUT2D eigenvalue weighted by Gasteiger charge is 2.33. The van der Waals surface area contributed by atoms with Gasteiger partial charge in [0, 0.05) is 38.3 Å². The van der Waals surface area contributed by atoms with Crippen molar-refractivity contribution >= 4 is 5.96 Å². The van der Waals surface area contributed by atoms with Gasteiger partial charge in [0.15, 0.2) is 5.96 Å². The van der Waals surface area contributed by atoms with E-state index in [4.69, 9.17) is 9.73 Å². The lowest BCUT2D eigenvalue weighted by Crippen LogP contribution is -2.49. The Morgan fingerprint density at radius 1 is 1.25 bits per heavy atom. The molecular weight excluding hydrogens is 350 g/mol. The van der Waals surface area contributed by atoms with E-state index in [1.54, 1.807) is 0 Å². The molecule has 0 amide bonds. The SMILES string of the molecule is CCNC(=NCC1(CO)CCOCC1)N1CCC(c2ccccc2)C(CC)C1. The molecule has 0 aromatic heterocycles. The number of nitrogens with zero attached hydrogens (tertiary/aromatic N) is 2. The molecule has 0 bridgehead atoms. The number of hydrogen-bond acceptors (Lipinski definition) is 3. The van der Waals surface area contributed by atoms with Crippen LogP contribution in [0, 0.1) is 11.3 Å². The number of guanidine groups is 1. The van der Waals surface area contributed by atoms with Crippen LogP contribution in [-0.2, 0) is 4.74 Å². The number of rotatable bonds is 6. The molecule has 2 aliphatic rings. The Balaban J connectivity index is 1.70. The highest BCUT2D eigenvalue weighted by Crippen LogP contribution is 2.35. The molecule has 2 heterocycles. The first-order chi connectivity index (χ1) is 13.7. The number of likely N-dealkylation sites (tertiary alicyclic amines) is 1. The summed E-state index contributed by atoms with van der Waals surface area (Å²) in [6.45, 7) is 9.67. The van der Waals surface area contributed by atoms with Crippen LogP contribution in [0.25, 0.3) is 0 Å². The van der Waals surface area contributed by atoms with Gasteiger partial charge in [-0.3, -0.25) is 4.99 Å². The summed E-state index contributed by atoms with van der Waals surface area (Å²) in [4.78, 5) is 7.42. The molecule has 2 fully saturated rings. The van der Waals surface area contributed by atoms with Gasteiger partial charge in [-0.1, -0.05) is 43.7 Å². The van der Waals surface area contributed by atoms with Gasteiger partial charge >= 0.3 is 0 Å². The van der Waals surface area contributed by atoms with Crippen molar-refractivity contribution < 1.29 is 9.84 Å². The molecule has 2 N–H and O–H groups in total. The van der Waals surface area contributed by atoms with Gasteiger partial charge < -0.3 is 20.1 Å². The summed E-state index contributed by atoms with van der Waals surface area (Å²) in [5, 5.41) is 13.5. The minimum Gasteiger partial charge on any atom is -0.396 e. The number of benzene rings is 1. The van der Waals surface area contributed by atoms with Crippen molar-refractivity contribution in [1.82, 2.24) is 10.2 Å². The summed E-state index contributed by atoms with van der Waals surface area (Å²) in [7, 11) is 0. The highest BCUT2D eigenvalue weighted by molar-refractivity contribution is 5.80. The number of aliphatic imine (C=N–C) groups is 1. The number of aliphatic hydroxyl groups excluding tert-OH is 1. The fourth-order valence-electron chi connectivity index (χ4n) is 4.62. The van der Waals surface area contributed by atoms with Crippen LogP contribution in [0.4, 0.5) is 0 Å². The van der Waals surface area contributed by atoms with E-state index in [1.165, 1.54) is 12.0 Å². The standard InChI is InChI=1S/C23H37N3O2/c1-3-19-16-26(13-10-21(19)20-8-6-5-7-9-20)22(24-4-2)25-17-23(18-27)11-14-28-15-12-23/h5-9,19,21,27H,3-4,10-18H2,1-2H3,(H,24,25). The maximum absolute atomic E-state index is 9.98. The fraction of sp³-hybridized carbons (Fsp3) is 0.696. The van der Waals surface area contributed by atoms with Gasteiger partial charge in [-0.15, -0.1) is 0 Å². The molecule has 3 rings (SSSR count).